The minimum absolute atomic E-state index is 0.00561. The van der Waals surface area contributed by atoms with Crippen LogP contribution in [-0.4, -0.2) is 59.7 Å². The lowest BCUT2D eigenvalue weighted by Gasteiger charge is -2.34. The molecule has 0 aliphatic carbocycles. The smallest absolute Gasteiger partial charge is 0.134 e. The summed E-state index contributed by atoms with van der Waals surface area (Å²) in [5.74, 6) is -0.527. The standard InChI is InChI=1S/C26H26ClFN4O/c1-31-10-12-32(13-11-31)26(30)19-16-21(27)20(25-22(28)8-5-9-24(25)33)15-18(19)23(29)14-17-6-3-2-4-7-17/h2-9,15-16,29-30,33H,10-14H2,1H3. The van der Waals surface area contributed by atoms with Gasteiger partial charge in [-0.15, -0.1) is 0 Å². The average molecular weight is 465 g/mol. The van der Waals surface area contributed by atoms with Crippen LogP contribution in [0, 0.1) is 16.6 Å². The highest BCUT2D eigenvalue weighted by Gasteiger charge is 2.24. The van der Waals surface area contributed by atoms with Crippen LogP contribution in [0.5, 0.6) is 5.75 Å². The second-order valence-electron chi connectivity index (χ2n) is 8.29. The molecule has 0 bridgehead atoms. The third-order valence-corrected chi connectivity index (χ3v) is 6.30. The summed E-state index contributed by atoms with van der Waals surface area (Å²) in [6, 6.07) is 17.0. The van der Waals surface area contributed by atoms with Gasteiger partial charge in [0.25, 0.3) is 0 Å². The number of nitrogens with one attached hydrogen (secondary N) is 2. The molecule has 1 saturated heterocycles. The Kier molecular flexibility index (Phi) is 6.77. The maximum atomic E-state index is 14.7. The van der Waals surface area contributed by atoms with Gasteiger partial charge in [-0.2, -0.15) is 0 Å². The first-order valence-electron chi connectivity index (χ1n) is 10.8. The predicted molar refractivity (Wildman–Crippen MR) is 131 cm³/mol. The van der Waals surface area contributed by atoms with Gasteiger partial charge in [0, 0.05) is 60.0 Å². The van der Waals surface area contributed by atoms with E-state index in [-0.39, 0.29) is 16.3 Å². The van der Waals surface area contributed by atoms with Crippen molar-refractivity contribution >= 4 is 23.1 Å². The molecule has 1 heterocycles. The van der Waals surface area contributed by atoms with Crippen LogP contribution in [0.1, 0.15) is 16.7 Å². The van der Waals surface area contributed by atoms with Crippen LogP contribution in [0.4, 0.5) is 4.39 Å². The predicted octanol–water partition coefficient (Wildman–Crippen LogP) is 5.04. The lowest BCUT2D eigenvalue weighted by atomic mass is 9.92. The molecule has 1 aliphatic rings. The molecule has 7 heteroatoms. The number of hydrogen-bond donors (Lipinski definition) is 3. The molecule has 1 aliphatic heterocycles. The van der Waals surface area contributed by atoms with Crippen molar-refractivity contribution in [2.75, 3.05) is 33.2 Å². The van der Waals surface area contributed by atoms with Crippen molar-refractivity contribution in [1.82, 2.24) is 9.80 Å². The van der Waals surface area contributed by atoms with E-state index in [0.717, 1.165) is 18.7 Å². The van der Waals surface area contributed by atoms with Crippen LogP contribution >= 0.6 is 11.6 Å². The Labute approximate surface area is 198 Å². The quantitative estimate of drug-likeness (QED) is 0.366. The second-order valence-corrected chi connectivity index (χ2v) is 8.70. The van der Waals surface area contributed by atoms with E-state index < -0.39 is 5.82 Å². The van der Waals surface area contributed by atoms with Gasteiger partial charge in [0.2, 0.25) is 0 Å². The Morgan fingerprint density at radius 3 is 2.33 bits per heavy atom. The van der Waals surface area contributed by atoms with Gasteiger partial charge in [0.1, 0.15) is 17.4 Å². The minimum atomic E-state index is -0.598. The maximum Gasteiger partial charge on any atom is 0.134 e. The molecule has 0 amide bonds. The Hall–Kier alpha value is -3.22. The zero-order valence-electron chi connectivity index (χ0n) is 18.4. The Balaban J connectivity index is 1.80. The molecule has 5 nitrogen and oxygen atoms in total. The summed E-state index contributed by atoms with van der Waals surface area (Å²) in [5.41, 5.74) is 2.59. The van der Waals surface area contributed by atoms with E-state index in [1.165, 1.54) is 18.2 Å². The molecule has 0 saturated carbocycles. The molecular formula is C26H26ClFN4O. The molecule has 3 aromatic rings. The number of phenolic OH excluding ortho intramolecular Hbond substituents is 1. The summed E-state index contributed by atoms with van der Waals surface area (Å²) in [6.07, 6.45) is 0.355. The highest BCUT2D eigenvalue weighted by Crippen LogP contribution is 2.38. The van der Waals surface area contributed by atoms with Gasteiger partial charge in [-0.25, -0.2) is 4.39 Å². The second kappa shape index (κ2) is 9.73. The number of rotatable bonds is 5. The van der Waals surface area contributed by atoms with Crippen molar-refractivity contribution in [2.45, 2.75) is 6.42 Å². The topological polar surface area (TPSA) is 74.4 Å². The third-order valence-electron chi connectivity index (χ3n) is 5.99. The molecule has 4 rings (SSSR count). The number of phenols is 1. The number of benzene rings is 3. The third kappa shape index (κ3) is 4.92. The first kappa shape index (κ1) is 23.0. The van der Waals surface area contributed by atoms with Crippen LogP contribution in [-0.2, 0) is 6.42 Å². The van der Waals surface area contributed by atoms with Crippen molar-refractivity contribution in [3.63, 3.8) is 0 Å². The number of nitrogens with zero attached hydrogens (tertiary/aromatic N) is 2. The number of amidine groups is 1. The molecule has 0 aromatic heterocycles. The fourth-order valence-electron chi connectivity index (χ4n) is 4.09. The van der Waals surface area contributed by atoms with E-state index in [4.69, 9.17) is 22.4 Å². The lowest BCUT2D eigenvalue weighted by Crippen LogP contribution is -2.47. The largest absolute Gasteiger partial charge is 0.507 e. The highest BCUT2D eigenvalue weighted by atomic mass is 35.5. The molecule has 3 aromatic carbocycles. The van der Waals surface area contributed by atoms with E-state index in [0.29, 0.717) is 47.7 Å². The van der Waals surface area contributed by atoms with E-state index in [9.17, 15) is 9.50 Å². The average Bonchev–Trinajstić information content (AvgIpc) is 2.80. The van der Waals surface area contributed by atoms with Crippen molar-refractivity contribution < 1.29 is 9.50 Å². The van der Waals surface area contributed by atoms with Crippen molar-refractivity contribution in [3.8, 4) is 16.9 Å². The minimum Gasteiger partial charge on any atom is -0.507 e. The Morgan fingerprint density at radius 1 is 0.970 bits per heavy atom. The lowest BCUT2D eigenvalue weighted by molar-refractivity contribution is 0.215. The fourth-order valence-corrected chi connectivity index (χ4v) is 4.34. The van der Waals surface area contributed by atoms with Crippen LogP contribution in [0.15, 0.2) is 60.7 Å². The van der Waals surface area contributed by atoms with E-state index in [1.54, 1.807) is 12.1 Å². The Bertz CT molecular complexity index is 1170. The maximum absolute atomic E-state index is 14.7. The van der Waals surface area contributed by atoms with E-state index in [1.807, 2.05) is 35.2 Å². The van der Waals surface area contributed by atoms with Crippen molar-refractivity contribution in [3.05, 3.63) is 88.2 Å². The summed E-state index contributed by atoms with van der Waals surface area (Å²) in [7, 11) is 2.05. The van der Waals surface area contributed by atoms with Gasteiger partial charge in [0.15, 0.2) is 0 Å². The van der Waals surface area contributed by atoms with Gasteiger partial charge < -0.3 is 20.3 Å². The van der Waals surface area contributed by atoms with Crippen molar-refractivity contribution in [2.24, 2.45) is 0 Å². The molecule has 1 fully saturated rings. The van der Waals surface area contributed by atoms with Gasteiger partial charge in [-0.3, -0.25) is 5.41 Å². The molecule has 0 radical (unpaired) electrons. The molecule has 0 spiro atoms. The number of aromatic hydroxyl groups is 1. The van der Waals surface area contributed by atoms with Gasteiger partial charge in [0.05, 0.1) is 5.56 Å². The molecule has 33 heavy (non-hydrogen) atoms. The SMILES string of the molecule is CN1CCN(C(=N)c2cc(Cl)c(-c3c(O)cccc3F)cc2C(=N)Cc2ccccc2)CC1. The van der Waals surface area contributed by atoms with Crippen LogP contribution in [0.2, 0.25) is 5.02 Å². The fraction of sp³-hybridized carbons (Fsp3) is 0.231. The summed E-state index contributed by atoms with van der Waals surface area (Å²) >= 11 is 6.58. The number of likely N-dealkylation sites (N-methyl/N-ethyl adjacent to an activating group) is 1. The van der Waals surface area contributed by atoms with E-state index in [2.05, 4.69) is 11.9 Å². The van der Waals surface area contributed by atoms with Crippen LogP contribution in [0.3, 0.4) is 0 Å². The normalized spacial score (nSPS) is 14.3. The first-order chi connectivity index (χ1) is 15.8. The zero-order chi connectivity index (χ0) is 23.5. The molecular weight excluding hydrogens is 439 g/mol. The van der Waals surface area contributed by atoms with Crippen LogP contribution < -0.4 is 0 Å². The van der Waals surface area contributed by atoms with Crippen LogP contribution in [0.25, 0.3) is 11.1 Å². The number of hydrogen-bond acceptors (Lipinski definition) is 4. The summed E-state index contributed by atoms with van der Waals surface area (Å²) < 4.78 is 14.7. The summed E-state index contributed by atoms with van der Waals surface area (Å²) in [6.45, 7) is 3.09. The zero-order valence-corrected chi connectivity index (χ0v) is 19.2. The number of piperazine rings is 1. The molecule has 170 valence electrons. The molecule has 0 unspecified atom stereocenters. The highest BCUT2D eigenvalue weighted by molar-refractivity contribution is 6.34. The van der Waals surface area contributed by atoms with Gasteiger partial charge in [-0.1, -0.05) is 48.0 Å². The summed E-state index contributed by atoms with van der Waals surface area (Å²) in [4.78, 5) is 4.18. The van der Waals surface area contributed by atoms with E-state index >= 15 is 0 Å². The Morgan fingerprint density at radius 2 is 1.67 bits per heavy atom. The number of halogens is 2. The summed E-state index contributed by atoms with van der Waals surface area (Å²) in [5, 5.41) is 28.3. The monoisotopic (exact) mass is 464 g/mol. The molecule has 3 N–H and O–H groups in total. The first-order valence-corrected chi connectivity index (χ1v) is 11.2. The van der Waals surface area contributed by atoms with Gasteiger partial charge in [-0.05, 0) is 36.9 Å². The van der Waals surface area contributed by atoms with Crippen molar-refractivity contribution in [1.29, 1.82) is 10.8 Å². The molecule has 0 atom stereocenters. The van der Waals surface area contributed by atoms with Gasteiger partial charge >= 0.3 is 0 Å².